The summed E-state index contributed by atoms with van der Waals surface area (Å²) in [7, 11) is 0. The molecule has 1 amide bonds. The third-order valence-electron chi connectivity index (χ3n) is 2.98. The molecule has 0 spiro atoms. The van der Waals surface area contributed by atoms with Crippen LogP contribution in [-0.4, -0.2) is 20.9 Å². The number of thiocarbonyl (C=S) groups is 1. The second-order valence-corrected chi connectivity index (χ2v) is 6.16. The first-order valence-electron chi connectivity index (χ1n) is 6.90. The third kappa shape index (κ3) is 4.25. The van der Waals surface area contributed by atoms with Gasteiger partial charge in [-0.05, 0) is 36.5 Å². The maximum absolute atomic E-state index is 11.8. The maximum Gasteiger partial charge on any atom is 0.270 e. The van der Waals surface area contributed by atoms with Crippen LogP contribution in [0.5, 0.6) is 0 Å². The zero-order chi connectivity index (χ0) is 17.8. The van der Waals surface area contributed by atoms with E-state index in [4.69, 9.17) is 16.6 Å². The SMILES string of the molecule is O=C(/C=C/c1ccco1)NC(=S)Nc1nc2ccc([N+](=O)[O-])cc2s1. The summed E-state index contributed by atoms with van der Waals surface area (Å²) < 4.78 is 5.72. The minimum Gasteiger partial charge on any atom is -0.465 e. The molecule has 0 unspecified atom stereocenters. The summed E-state index contributed by atoms with van der Waals surface area (Å²) in [5.74, 6) is 0.118. The van der Waals surface area contributed by atoms with Gasteiger partial charge >= 0.3 is 0 Å². The number of thiazole rings is 1. The second kappa shape index (κ2) is 7.20. The number of carbonyl (C=O) groups is 1. The number of furan rings is 1. The van der Waals surface area contributed by atoms with E-state index >= 15 is 0 Å². The topological polar surface area (TPSA) is 110 Å². The zero-order valence-electron chi connectivity index (χ0n) is 12.5. The van der Waals surface area contributed by atoms with Crippen LogP contribution in [0.15, 0.2) is 47.1 Å². The first-order chi connectivity index (χ1) is 12.0. The number of amides is 1. The minimum absolute atomic E-state index is 0.0124. The van der Waals surface area contributed by atoms with E-state index in [1.54, 1.807) is 18.2 Å². The Bertz CT molecular complexity index is 979. The highest BCUT2D eigenvalue weighted by atomic mass is 32.1. The smallest absolute Gasteiger partial charge is 0.270 e. The van der Waals surface area contributed by atoms with Crippen LogP contribution in [0.2, 0.25) is 0 Å². The molecule has 8 nitrogen and oxygen atoms in total. The van der Waals surface area contributed by atoms with E-state index < -0.39 is 10.8 Å². The summed E-state index contributed by atoms with van der Waals surface area (Å²) in [6.45, 7) is 0. The maximum atomic E-state index is 11.8. The molecule has 10 heteroatoms. The first kappa shape index (κ1) is 16.7. The molecular formula is C15H10N4O4S2. The largest absolute Gasteiger partial charge is 0.465 e. The van der Waals surface area contributed by atoms with Gasteiger partial charge in [-0.25, -0.2) is 4.98 Å². The van der Waals surface area contributed by atoms with E-state index in [1.165, 1.54) is 41.9 Å². The highest BCUT2D eigenvalue weighted by Crippen LogP contribution is 2.29. The minimum atomic E-state index is -0.470. The standard InChI is InChI=1S/C15H10N4O4S2/c20-13(6-4-10-2-1-7-23-10)17-14(24)18-15-16-11-5-3-9(19(21)22)8-12(11)25-15/h1-8H,(H2,16,17,18,20,24)/b6-4+. The Morgan fingerprint density at radius 1 is 1.40 bits per heavy atom. The number of hydrogen-bond acceptors (Lipinski definition) is 7. The second-order valence-electron chi connectivity index (χ2n) is 4.72. The highest BCUT2D eigenvalue weighted by molar-refractivity contribution is 7.80. The van der Waals surface area contributed by atoms with Crippen molar-refractivity contribution in [2.24, 2.45) is 0 Å². The summed E-state index contributed by atoms with van der Waals surface area (Å²) in [4.78, 5) is 26.4. The van der Waals surface area contributed by atoms with Crippen LogP contribution < -0.4 is 10.6 Å². The van der Waals surface area contributed by atoms with Crippen LogP contribution in [0.1, 0.15) is 5.76 Å². The lowest BCUT2D eigenvalue weighted by atomic mass is 10.3. The Hall–Kier alpha value is -3.11. The Kier molecular flexibility index (Phi) is 4.82. The van der Waals surface area contributed by atoms with E-state index in [2.05, 4.69) is 15.6 Å². The normalized spacial score (nSPS) is 10.9. The van der Waals surface area contributed by atoms with E-state index in [0.29, 0.717) is 21.1 Å². The average molecular weight is 374 g/mol. The predicted molar refractivity (Wildman–Crippen MR) is 98.4 cm³/mol. The molecule has 0 radical (unpaired) electrons. The fourth-order valence-electron chi connectivity index (χ4n) is 1.91. The Morgan fingerprint density at radius 2 is 2.24 bits per heavy atom. The van der Waals surface area contributed by atoms with Gasteiger partial charge in [0, 0.05) is 18.2 Å². The quantitative estimate of drug-likeness (QED) is 0.312. The molecule has 0 fully saturated rings. The first-order valence-corrected chi connectivity index (χ1v) is 8.12. The number of nitrogens with one attached hydrogen (secondary N) is 2. The number of benzene rings is 1. The Balaban J connectivity index is 1.63. The number of anilines is 1. The van der Waals surface area contributed by atoms with E-state index in [1.807, 2.05) is 0 Å². The lowest BCUT2D eigenvalue weighted by Crippen LogP contribution is -2.32. The summed E-state index contributed by atoms with van der Waals surface area (Å²) in [6, 6.07) is 7.79. The number of carbonyl (C=O) groups excluding carboxylic acids is 1. The monoisotopic (exact) mass is 374 g/mol. The van der Waals surface area contributed by atoms with Crippen molar-refractivity contribution in [1.29, 1.82) is 0 Å². The van der Waals surface area contributed by atoms with Crippen LogP contribution in [0, 0.1) is 10.1 Å². The molecule has 0 aliphatic heterocycles. The van der Waals surface area contributed by atoms with Gasteiger partial charge in [-0.3, -0.25) is 20.2 Å². The molecule has 25 heavy (non-hydrogen) atoms. The third-order valence-corrected chi connectivity index (χ3v) is 4.12. The molecule has 0 aliphatic rings. The van der Waals surface area contributed by atoms with E-state index in [9.17, 15) is 14.9 Å². The summed E-state index contributed by atoms with van der Waals surface area (Å²) in [5, 5.41) is 16.5. The zero-order valence-corrected chi connectivity index (χ0v) is 14.1. The number of rotatable bonds is 4. The number of aromatic nitrogens is 1. The molecule has 2 aromatic heterocycles. The van der Waals surface area contributed by atoms with Gasteiger partial charge in [-0.1, -0.05) is 11.3 Å². The van der Waals surface area contributed by atoms with E-state index in [-0.39, 0.29) is 10.8 Å². The lowest BCUT2D eigenvalue weighted by Gasteiger charge is -2.04. The molecule has 0 aliphatic carbocycles. The van der Waals surface area contributed by atoms with Crippen molar-refractivity contribution < 1.29 is 14.1 Å². The number of nitro benzene ring substituents is 1. The predicted octanol–water partition coefficient (Wildman–Crippen LogP) is 3.32. The van der Waals surface area contributed by atoms with Gasteiger partial charge in [-0.15, -0.1) is 0 Å². The van der Waals surface area contributed by atoms with Crippen LogP contribution in [-0.2, 0) is 4.79 Å². The fraction of sp³-hybridized carbons (Fsp3) is 0. The van der Waals surface area contributed by atoms with Crippen LogP contribution in [0.3, 0.4) is 0 Å². The number of fused-ring (bicyclic) bond motifs is 1. The number of nitrogens with zero attached hydrogens (tertiary/aromatic N) is 2. The van der Waals surface area contributed by atoms with E-state index in [0.717, 1.165) is 0 Å². The van der Waals surface area contributed by atoms with Gasteiger partial charge in [0.05, 0.1) is 21.4 Å². The molecule has 0 bridgehead atoms. The highest BCUT2D eigenvalue weighted by Gasteiger charge is 2.11. The molecule has 0 saturated carbocycles. The van der Waals surface area contributed by atoms with Crippen molar-refractivity contribution in [1.82, 2.24) is 10.3 Å². The molecule has 2 heterocycles. The van der Waals surface area contributed by atoms with Crippen molar-refractivity contribution in [3.8, 4) is 0 Å². The van der Waals surface area contributed by atoms with Crippen molar-refractivity contribution in [3.63, 3.8) is 0 Å². The van der Waals surface area contributed by atoms with Crippen LogP contribution in [0.4, 0.5) is 10.8 Å². The molecular weight excluding hydrogens is 364 g/mol. The molecule has 0 saturated heterocycles. The van der Waals surface area contributed by atoms with Crippen molar-refractivity contribution >= 4 is 61.7 Å². The van der Waals surface area contributed by atoms with Gasteiger partial charge in [-0.2, -0.15) is 0 Å². The summed E-state index contributed by atoms with van der Waals surface area (Å²) >= 11 is 6.25. The van der Waals surface area contributed by atoms with Gasteiger partial charge in [0.2, 0.25) is 5.91 Å². The molecule has 126 valence electrons. The fourth-order valence-corrected chi connectivity index (χ4v) is 3.07. The molecule has 3 rings (SSSR count). The van der Waals surface area contributed by atoms with Crippen LogP contribution >= 0.6 is 23.6 Å². The Morgan fingerprint density at radius 3 is 2.96 bits per heavy atom. The summed E-state index contributed by atoms with van der Waals surface area (Å²) in [5.41, 5.74) is 0.589. The molecule has 0 atom stereocenters. The molecule has 3 aromatic rings. The number of hydrogen-bond donors (Lipinski definition) is 2. The molecule has 2 N–H and O–H groups in total. The molecule has 1 aromatic carbocycles. The van der Waals surface area contributed by atoms with Gasteiger partial charge in [0.1, 0.15) is 5.76 Å². The van der Waals surface area contributed by atoms with Crippen LogP contribution in [0.25, 0.3) is 16.3 Å². The van der Waals surface area contributed by atoms with Gasteiger partial charge < -0.3 is 9.73 Å². The summed E-state index contributed by atoms with van der Waals surface area (Å²) in [6.07, 6.45) is 4.30. The van der Waals surface area contributed by atoms with Gasteiger partial charge in [0.25, 0.3) is 5.69 Å². The average Bonchev–Trinajstić information content (AvgIpc) is 3.20. The Labute approximate surface area is 150 Å². The van der Waals surface area contributed by atoms with Crippen molar-refractivity contribution in [2.75, 3.05) is 5.32 Å². The number of nitro groups is 1. The van der Waals surface area contributed by atoms with Crippen molar-refractivity contribution in [2.45, 2.75) is 0 Å². The van der Waals surface area contributed by atoms with Gasteiger partial charge in [0.15, 0.2) is 10.2 Å². The number of non-ortho nitro benzene ring substituents is 1. The lowest BCUT2D eigenvalue weighted by molar-refractivity contribution is -0.384. The van der Waals surface area contributed by atoms with Crippen molar-refractivity contribution in [3.05, 3.63) is 58.5 Å².